The lowest BCUT2D eigenvalue weighted by Gasteiger charge is -2.19. The summed E-state index contributed by atoms with van der Waals surface area (Å²) in [7, 11) is 0. The fourth-order valence-corrected chi connectivity index (χ4v) is 2.59. The molecule has 2 N–H and O–H groups in total. The van der Waals surface area contributed by atoms with E-state index in [4.69, 9.17) is 16.0 Å². The lowest BCUT2D eigenvalue weighted by atomic mass is 10.2. The summed E-state index contributed by atoms with van der Waals surface area (Å²) >= 11 is 6.10. The number of carbonyl (C=O) groups excluding carboxylic acids is 2. The van der Waals surface area contributed by atoms with Crippen LogP contribution in [0.5, 0.6) is 0 Å². The number of nitrogens with zero attached hydrogens (tertiary/aromatic N) is 3. The van der Waals surface area contributed by atoms with E-state index in [2.05, 4.69) is 10.2 Å². The number of amides is 3. The third-order valence-electron chi connectivity index (χ3n) is 3.54. The van der Waals surface area contributed by atoms with Gasteiger partial charge in [0.1, 0.15) is 6.54 Å². The minimum Gasteiger partial charge on any atom is -0.419 e. The van der Waals surface area contributed by atoms with Crippen LogP contribution < -0.4 is 10.6 Å². The van der Waals surface area contributed by atoms with E-state index in [1.807, 2.05) is 12.2 Å². The molecule has 0 saturated heterocycles. The average molecular weight is 434 g/mol. The molecule has 29 heavy (non-hydrogen) atoms. The van der Waals surface area contributed by atoms with E-state index < -0.39 is 24.7 Å². The van der Waals surface area contributed by atoms with Crippen molar-refractivity contribution in [3.63, 3.8) is 0 Å². The number of hydrogen-bond acceptors (Lipinski definition) is 6. The lowest BCUT2D eigenvalue weighted by Crippen LogP contribution is -2.46. The van der Waals surface area contributed by atoms with E-state index in [1.165, 1.54) is 0 Å². The first-order valence-electron chi connectivity index (χ1n) is 8.62. The van der Waals surface area contributed by atoms with E-state index in [-0.39, 0.29) is 24.9 Å². The van der Waals surface area contributed by atoms with Crippen molar-refractivity contribution >= 4 is 23.5 Å². The number of hydrogen-bond donors (Lipinski definition) is 2. The zero-order valence-corrected chi connectivity index (χ0v) is 16.2. The van der Waals surface area contributed by atoms with Crippen molar-refractivity contribution in [2.45, 2.75) is 26.1 Å². The van der Waals surface area contributed by atoms with Crippen molar-refractivity contribution in [3.8, 4) is 11.5 Å². The van der Waals surface area contributed by atoms with E-state index >= 15 is 0 Å². The fourth-order valence-electron chi connectivity index (χ4n) is 2.38. The van der Waals surface area contributed by atoms with Crippen molar-refractivity contribution < 1.29 is 27.2 Å². The Morgan fingerprint density at radius 1 is 1.24 bits per heavy atom. The normalized spacial score (nSPS) is 11.5. The second-order valence-electron chi connectivity index (χ2n) is 6.04. The number of benzene rings is 1. The van der Waals surface area contributed by atoms with Gasteiger partial charge in [0.15, 0.2) is 0 Å². The zero-order valence-electron chi connectivity index (χ0n) is 15.4. The molecule has 0 aliphatic carbocycles. The first kappa shape index (κ1) is 22.6. The second-order valence-corrected chi connectivity index (χ2v) is 6.44. The van der Waals surface area contributed by atoms with Crippen LogP contribution in [0.3, 0.4) is 0 Å². The first-order chi connectivity index (χ1) is 13.7. The molecule has 1 aromatic carbocycles. The summed E-state index contributed by atoms with van der Waals surface area (Å²) in [5.74, 6) is -0.315. The summed E-state index contributed by atoms with van der Waals surface area (Å²) in [6.45, 7) is 0.683. The van der Waals surface area contributed by atoms with Gasteiger partial charge in [-0.05, 0) is 25.1 Å². The van der Waals surface area contributed by atoms with Gasteiger partial charge in [-0.3, -0.25) is 15.0 Å². The Balaban J connectivity index is 1.94. The molecule has 8 nitrogen and oxygen atoms in total. The number of alkyl halides is 3. The van der Waals surface area contributed by atoms with Gasteiger partial charge in [0, 0.05) is 0 Å². The molecule has 0 aliphatic rings. The molecule has 1 heterocycles. The van der Waals surface area contributed by atoms with Crippen LogP contribution in [0.2, 0.25) is 5.02 Å². The summed E-state index contributed by atoms with van der Waals surface area (Å²) in [6, 6.07) is 5.70. The quantitative estimate of drug-likeness (QED) is 0.663. The highest BCUT2D eigenvalue weighted by Gasteiger charge is 2.28. The molecule has 0 radical (unpaired) electrons. The second kappa shape index (κ2) is 10.2. The lowest BCUT2D eigenvalue weighted by molar-refractivity contribution is -0.125. The molecule has 3 amide bonds. The van der Waals surface area contributed by atoms with Crippen LogP contribution in [-0.4, -0.2) is 52.8 Å². The highest BCUT2D eigenvalue weighted by molar-refractivity contribution is 6.33. The van der Waals surface area contributed by atoms with Crippen LogP contribution in [0.15, 0.2) is 28.7 Å². The molecule has 0 saturated carbocycles. The van der Waals surface area contributed by atoms with Gasteiger partial charge in [-0.15, -0.1) is 10.2 Å². The van der Waals surface area contributed by atoms with E-state index in [1.54, 1.807) is 34.5 Å². The van der Waals surface area contributed by atoms with Gasteiger partial charge in [-0.25, -0.2) is 4.79 Å². The molecular weight excluding hydrogens is 415 g/mol. The Kier molecular flexibility index (Phi) is 7.97. The van der Waals surface area contributed by atoms with Crippen LogP contribution in [-0.2, 0) is 11.3 Å². The van der Waals surface area contributed by atoms with Crippen LogP contribution >= 0.6 is 11.6 Å². The van der Waals surface area contributed by atoms with Crippen LogP contribution in [0.4, 0.5) is 18.0 Å². The summed E-state index contributed by atoms with van der Waals surface area (Å²) in [4.78, 5) is 24.9. The standard InChI is InChI=1S/C17H19ClF3N5O3/c1-2-7-26(8-13(27)23-16(28)22-10-17(19,20)21)9-14-24-25-15(29-14)11-5-3-4-6-12(11)18/h3-6H,2,7-10H2,1H3,(H2,22,23,27,28). The molecule has 0 bridgehead atoms. The molecule has 0 spiro atoms. The Morgan fingerprint density at radius 3 is 2.62 bits per heavy atom. The smallest absolute Gasteiger partial charge is 0.405 e. The van der Waals surface area contributed by atoms with Gasteiger partial charge in [-0.2, -0.15) is 13.2 Å². The number of urea groups is 1. The summed E-state index contributed by atoms with van der Waals surface area (Å²) in [6.07, 6.45) is -3.88. The molecule has 0 fully saturated rings. The molecule has 1 aromatic heterocycles. The number of aromatic nitrogens is 2. The average Bonchev–Trinajstić information content (AvgIpc) is 3.08. The maximum atomic E-state index is 12.1. The monoisotopic (exact) mass is 433 g/mol. The maximum Gasteiger partial charge on any atom is 0.405 e. The molecule has 0 unspecified atom stereocenters. The van der Waals surface area contributed by atoms with Gasteiger partial charge in [0.2, 0.25) is 17.7 Å². The molecular formula is C17H19ClF3N5O3. The summed E-state index contributed by atoms with van der Waals surface area (Å²) in [5.41, 5.74) is 0.564. The van der Waals surface area contributed by atoms with Crippen LogP contribution in [0.25, 0.3) is 11.5 Å². The number of halogens is 4. The third-order valence-corrected chi connectivity index (χ3v) is 3.87. The molecule has 158 valence electrons. The van der Waals surface area contributed by atoms with Crippen molar-refractivity contribution in [1.29, 1.82) is 0 Å². The van der Waals surface area contributed by atoms with Gasteiger partial charge >= 0.3 is 12.2 Å². The topological polar surface area (TPSA) is 100 Å². The Morgan fingerprint density at radius 2 is 1.97 bits per heavy atom. The number of rotatable bonds is 8. The Hall–Kier alpha value is -2.66. The van der Waals surface area contributed by atoms with Crippen molar-refractivity contribution in [2.75, 3.05) is 19.6 Å². The third kappa shape index (κ3) is 7.70. The van der Waals surface area contributed by atoms with Crippen molar-refractivity contribution in [1.82, 2.24) is 25.7 Å². The largest absolute Gasteiger partial charge is 0.419 e. The molecule has 0 aliphatic heterocycles. The molecule has 0 atom stereocenters. The van der Waals surface area contributed by atoms with Crippen LogP contribution in [0, 0.1) is 0 Å². The summed E-state index contributed by atoms with van der Waals surface area (Å²) < 4.78 is 41.8. The SMILES string of the molecule is CCCN(CC(=O)NC(=O)NCC(F)(F)F)Cc1nnc(-c2ccccc2Cl)o1. The highest BCUT2D eigenvalue weighted by atomic mass is 35.5. The van der Waals surface area contributed by atoms with Gasteiger partial charge < -0.3 is 9.73 Å². The Labute approximate surface area is 169 Å². The zero-order chi connectivity index (χ0) is 21.4. The predicted octanol–water partition coefficient (Wildman–Crippen LogP) is 2.99. The highest BCUT2D eigenvalue weighted by Crippen LogP contribution is 2.26. The number of nitrogens with one attached hydrogen (secondary N) is 2. The minimum atomic E-state index is -4.56. The minimum absolute atomic E-state index is 0.114. The Bertz CT molecular complexity index is 844. The number of carbonyl (C=O) groups is 2. The molecule has 2 aromatic rings. The molecule has 12 heteroatoms. The fraction of sp³-hybridized carbons (Fsp3) is 0.412. The van der Waals surface area contributed by atoms with E-state index in [9.17, 15) is 22.8 Å². The summed E-state index contributed by atoms with van der Waals surface area (Å²) in [5, 5.41) is 11.7. The van der Waals surface area contributed by atoms with E-state index in [0.717, 1.165) is 0 Å². The van der Waals surface area contributed by atoms with Crippen molar-refractivity contribution in [3.05, 3.63) is 35.2 Å². The van der Waals surface area contributed by atoms with E-state index in [0.29, 0.717) is 23.6 Å². The van der Waals surface area contributed by atoms with Crippen LogP contribution in [0.1, 0.15) is 19.2 Å². The first-order valence-corrected chi connectivity index (χ1v) is 8.99. The van der Waals surface area contributed by atoms with Crippen molar-refractivity contribution in [2.24, 2.45) is 0 Å². The number of imide groups is 1. The van der Waals surface area contributed by atoms with Gasteiger partial charge in [0.25, 0.3) is 0 Å². The van der Waals surface area contributed by atoms with Gasteiger partial charge in [0.05, 0.1) is 23.7 Å². The van der Waals surface area contributed by atoms with Gasteiger partial charge in [-0.1, -0.05) is 30.7 Å². The predicted molar refractivity (Wildman–Crippen MR) is 97.9 cm³/mol. The maximum absolute atomic E-state index is 12.1. The molecule has 2 rings (SSSR count).